The van der Waals surface area contributed by atoms with Gasteiger partial charge in [-0.2, -0.15) is 0 Å². The Morgan fingerprint density at radius 2 is 1.82 bits per heavy atom. The molecule has 11 heteroatoms. The number of esters is 2. The van der Waals surface area contributed by atoms with E-state index < -0.39 is 79.4 Å². The maximum atomic E-state index is 12.7. The number of ether oxygens (including phenoxy) is 4. The Bertz CT molecular complexity index is 1000. The first-order valence-electron chi connectivity index (χ1n) is 13.0. The SMILES string of the molecule is C=C1C(=O)O[C@@H]2[C@H]3C(C)=C(O[C@@H]4O[C@H](CO)[C@@H](O)[C@H](O)[C@H]4O)C[C@H]3C(=C)C[C@@H](OC(=O)[C@H](O)[C@H](C)CC)[C@@H]12. The Kier molecular flexibility index (Phi) is 8.37. The van der Waals surface area contributed by atoms with Crippen LogP contribution >= 0.6 is 0 Å². The Morgan fingerprint density at radius 1 is 1.13 bits per heavy atom. The molecular formula is C27H38O11. The monoisotopic (exact) mass is 538 g/mol. The van der Waals surface area contributed by atoms with E-state index in [1.807, 2.05) is 6.92 Å². The number of allylic oxidation sites excluding steroid dienone is 1. The molecule has 0 unspecified atom stereocenters. The number of carbonyl (C=O) groups is 2. The average Bonchev–Trinajstić information content (AvgIpc) is 3.33. The van der Waals surface area contributed by atoms with Gasteiger partial charge in [0, 0.05) is 24.3 Å². The molecule has 38 heavy (non-hydrogen) atoms. The maximum Gasteiger partial charge on any atom is 0.335 e. The summed E-state index contributed by atoms with van der Waals surface area (Å²) >= 11 is 0. The fourth-order valence-electron chi connectivity index (χ4n) is 5.96. The van der Waals surface area contributed by atoms with Gasteiger partial charge in [-0.25, -0.2) is 9.59 Å². The van der Waals surface area contributed by atoms with Crippen LogP contribution in [0.25, 0.3) is 0 Å². The highest BCUT2D eigenvalue weighted by Gasteiger charge is 2.56. The lowest BCUT2D eigenvalue weighted by molar-refractivity contribution is -0.292. The summed E-state index contributed by atoms with van der Waals surface area (Å²) in [6, 6.07) is 0. The third-order valence-electron chi connectivity index (χ3n) is 8.58. The van der Waals surface area contributed by atoms with Gasteiger partial charge in [-0.1, -0.05) is 39.0 Å². The molecule has 212 valence electrons. The fourth-order valence-corrected chi connectivity index (χ4v) is 5.96. The molecule has 2 heterocycles. The van der Waals surface area contributed by atoms with Gasteiger partial charge < -0.3 is 44.5 Å². The van der Waals surface area contributed by atoms with Crippen molar-refractivity contribution in [3.8, 4) is 0 Å². The second-order valence-electron chi connectivity index (χ2n) is 10.8. The first kappa shape index (κ1) is 28.7. The Morgan fingerprint density at radius 3 is 2.45 bits per heavy atom. The second-order valence-corrected chi connectivity index (χ2v) is 10.8. The minimum absolute atomic E-state index is 0.176. The van der Waals surface area contributed by atoms with Crippen LogP contribution in [0.15, 0.2) is 35.6 Å². The van der Waals surface area contributed by atoms with Crippen LogP contribution in [0.5, 0.6) is 0 Å². The molecule has 0 radical (unpaired) electrons. The van der Waals surface area contributed by atoms with Crippen LogP contribution in [0.1, 0.15) is 40.0 Å². The molecule has 0 aromatic carbocycles. The van der Waals surface area contributed by atoms with E-state index in [4.69, 9.17) is 18.9 Å². The van der Waals surface area contributed by atoms with Crippen LogP contribution in [-0.2, 0) is 28.5 Å². The second kappa shape index (κ2) is 11.1. The number of carbonyl (C=O) groups excluding carboxylic acids is 2. The van der Waals surface area contributed by atoms with Crippen molar-refractivity contribution in [2.75, 3.05) is 6.61 Å². The zero-order chi connectivity index (χ0) is 28.0. The number of rotatable bonds is 7. The molecular weight excluding hydrogens is 500 g/mol. The molecule has 0 bridgehead atoms. The summed E-state index contributed by atoms with van der Waals surface area (Å²) in [6.07, 6.45) is -8.85. The molecule has 2 saturated heterocycles. The first-order chi connectivity index (χ1) is 17.9. The van der Waals surface area contributed by atoms with Gasteiger partial charge in [0.05, 0.1) is 18.3 Å². The summed E-state index contributed by atoms with van der Waals surface area (Å²) in [4.78, 5) is 25.4. The van der Waals surface area contributed by atoms with Crippen LogP contribution in [0.3, 0.4) is 0 Å². The standard InChI is InChI=1S/C27H38O11/c1-6-10(2)20(29)26(34)35-16-7-11(3)14-8-15(12(4)18(14)24-19(16)13(5)25(33)38-24)36-27-23(32)22(31)21(30)17(9-28)37-27/h10,14,16-24,27-32H,3,5-9H2,1-2,4H3/t10-,14+,16-,17-,18+,19-,20-,21-,22+,23-,24-,27-/m1/s1. The smallest absolute Gasteiger partial charge is 0.335 e. The lowest BCUT2D eigenvalue weighted by Gasteiger charge is -2.40. The number of fused-ring (bicyclic) bond motifs is 3. The van der Waals surface area contributed by atoms with Gasteiger partial charge in [0.2, 0.25) is 6.29 Å². The van der Waals surface area contributed by atoms with E-state index in [0.717, 1.165) is 5.57 Å². The van der Waals surface area contributed by atoms with Gasteiger partial charge >= 0.3 is 11.9 Å². The molecule has 5 N–H and O–H groups in total. The van der Waals surface area contributed by atoms with Crippen LogP contribution in [0.4, 0.5) is 0 Å². The van der Waals surface area contributed by atoms with Crippen molar-refractivity contribution in [1.29, 1.82) is 0 Å². The summed E-state index contributed by atoms with van der Waals surface area (Å²) in [5, 5.41) is 50.5. The minimum atomic E-state index is -1.58. The summed E-state index contributed by atoms with van der Waals surface area (Å²) < 4.78 is 23.0. The lowest BCUT2D eigenvalue weighted by atomic mass is 9.80. The van der Waals surface area contributed by atoms with Gasteiger partial charge in [0.15, 0.2) is 6.10 Å². The number of aliphatic hydroxyl groups is 5. The third kappa shape index (κ3) is 4.91. The highest BCUT2D eigenvalue weighted by molar-refractivity contribution is 5.91. The molecule has 2 aliphatic heterocycles. The molecule has 4 aliphatic rings. The molecule has 1 saturated carbocycles. The van der Waals surface area contributed by atoms with Gasteiger partial charge in [-0.3, -0.25) is 0 Å². The van der Waals surface area contributed by atoms with E-state index >= 15 is 0 Å². The lowest BCUT2D eigenvalue weighted by Crippen LogP contribution is -2.59. The van der Waals surface area contributed by atoms with Crippen LogP contribution in [0.2, 0.25) is 0 Å². The third-order valence-corrected chi connectivity index (χ3v) is 8.58. The highest BCUT2D eigenvalue weighted by atomic mass is 16.7. The van der Waals surface area contributed by atoms with E-state index in [0.29, 0.717) is 24.2 Å². The normalized spacial score (nSPS) is 40.7. The fraction of sp³-hybridized carbons (Fsp3) is 0.704. The number of aliphatic hydroxyl groups excluding tert-OH is 5. The zero-order valence-corrected chi connectivity index (χ0v) is 21.9. The van der Waals surface area contributed by atoms with Crippen molar-refractivity contribution in [3.05, 3.63) is 35.6 Å². The van der Waals surface area contributed by atoms with E-state index in [1.165, 1.54) is 0 Å². The Hall–Kier alpha value is -2.28. The molecule has 0 aromatic heterocycles. The van der Waals surface area contributed by atoms with E-state index in [1.54, 1.807) is 13.8 Å². The predicted octanol–water partition coefficient (Wildman–Crippen LogP) is 0.0895. The van der Waals surface area contributed by atoms with Crippen LogP contribution in [0, 0.1) is 23.7 Å². The molecule has 0 amide bonds. The zero-order valence-electron chi connectivity index (χ0n) is 21.9. The van der Waals surface area contributed by atoms with Gasteiger partial charge in [0.25, 0.3) is 0 Å². The molecule has 2 aliphatic carbocycles. The van der Waals surface area contributed by atoms with E-state index in [9.17, 15) is 35.1 Å². The summed E-state index contributed by atoms with van der Waals surface area (Å²) in [7, 11) is 0. The largest absolute Gasteiger partial charge is 0.466 e. The van der Waals surface area contributed by atoms with Crippen molar-refractivity contribution in [3.63, 3.8) is 0 Å². The van der Waals surface area contributed by atoms with Crippen molar-refractivity contribution in [1.82, 2.24) is 0 Å². The van der Waals surface area contributed by atoms with E-state index in [-0.39, 0.29) is 23.8 Å². The van der Waals surface area contributed by atoms with Crippen molar-refractivity contribution < 1.29 is 54.1 Å². The van der Waals surface area contributed by atoms with E-state index in [2.05, 4.69) is 13.2 Å². The number of hydrogen-bond donors (Lipinski definition) is 5. The van der Waals surface area contributed by atoms with Crippen molar-refractivity contribution in [2.45, 2.75) is 89.1 Å². The number of hydrogen-bond acceptors (Lipinski definition) is 11. The predicted molar refractivity (Wildman–Crippen MR) is 131 cm³/mol. The topological polar surface area (TPSA) is 172 Å². The van der Waals surface area contributed by atoms with Crippen molar-refractivity contribution in [2.24, 2.45) is 23.7 Å². The van der Waals surface area contributed by atoms with Gasteiger partial charge in [-0.15, -0.1) is 0 Å². The quantitative estimate of drug-likeness (QED) is 0.169. The molecule has 12 atom stereocenters. The average molecular weight is 539 g/mol. The maximum absolute atomic E-state index is 12.7. The Labute approximate surface area is 221 Å². The van der Waals surface area contributed by atoms with Gasteiger partial charge in [-0.05, 0) is 24.3 Å². The first-order valence-corrected chi connectivity index (χ1v) is 13.0. The molecule has 4 rings (SSSR count). The molecule has 11 nitrogen and oxygen atoms in total. The van der Waals surface area contributed by atoms with Crippen molar-refractivity contribution >= 4 is 11.9 Å². The summed E-state index contributed by atoms with van der Waals surface area (Å²) in [5.41, 5.74) is 1.61. The summed E-state index contributed by atoms with van der Waals surface area (Å²) in [5.74, 6) is -2.53. The highest BCUT2D eigenvalue weighted by Crippen LogP contribution is 2.53. The van der Waals surface area contributed by atoms with Gasteiger partial charge in [0.1, 0.15) is 36.6 Å². The molecule has 0 aromatic rings. The van der Waals surface area contributed by atoms with Crippen LogP contribution in [-0.4, -0.2) is 93.1 Å². The van der Waals surface area contributed by atoms with Crippen LogP contribution < -0.4 is 0 Å². The minimum Gasteiger partial charge on any atom is -0.466 e. The summed E-state index contributed by atoms with van der Waals surface area (Å²) in [6.45, 7) is 12.9. The molecule has 0 spiro atoms. The molecule has 3 fully saturated rings. The Balaban J connectivity index is 1.60.